The monoisotopic (exact) mass is 308 g/mol. The number of carboxylic acids is 1. The van der Waals surface area contributed by atoms with E-state index < -0.39 is 24.5 Å². The average Bonchev–Trinajstić information content (AvgIpc) is 2.37. The Morgan fingerprint density at radius 3 is 2.50 bits per heavy atom. The second kappa shape index (κ2) is 7.16. The molecule has 0 heterocycles. The third-order valence-corrected chi connectivity index (χ3v) is 2.70. The highest BCUT2D eigenvalue weighted by Gasteiger charge is 2.21. The van der Waals surface area contributed by atoms with E-state index >= 15 is 0 Å². The number of aliphatic hydroxyl groups is 1. The number of carbonyl (C=O) groups excluding carboxylic acids is 1. The summed E-state index contributed by atoms with van der Waals surface area (Å²) in [5.41, 5.74) is 0.00119. The zero-order valence-corrected chi connectivity index (χ0v) is 10.8. The predicted molar refractivity (Wildman–Crippen MR) is 65.1 cm³/mol. The second-order valence-electron chi connectivity index (χ2n) is 3.83. The number of benzene rings is 1. The molecule has 8 heteroatoms. The topological polar surface area (TPSA) is 83.8 Å². The molecule has 1 atom stereocenters. The number of carbonyl (C=O) groups is 2. The lowest BCUT2D eigenvalue weighted by Crippen LogP contribution is -2.15. The highest BCUT2D eigenvalue weighted by atomic mass is 35.5. The Labute approximate surface area is 117 Å². The van der Waals surface area contributed by atoms with Gasteiger partial charge in [-0.05, 0) is 23.3 Å². The van der Waals surface area contributed by atoms with Gasteiger partial charge in [-0.15, -0.1) is 11.6 Å². The van der Waals surface area contributed by atoms with E-state index in [1.807, 2.05) is 0 Å². The van der Waals surface area contributed by atoms with Crippen molar-refractivity contribution >= 4 is 23.4 Å². The SMILES string of the molecule is O=C(CCl)Cc1cc(OC(F)F)ccc1C(O)C(=O)O. The summed E-state index contributed by atoms with van der Waals surface area (Å²) in [5, 5.41) is 18.3. The fourth-order valence-corrected chi connectivity index (χ4v) is 1.67. The molecule has 0 aliphatic carbocycles. The summed E-state index contributed by atoms with van der Waals surface area (Å²) in [6, 6.07) is 3.29. The van der Waals surface area contributed by atoms with Crippen molar-refractivity contribution in [1.82, 2.24) is 0 Å². The lowest BCUT2D eigenvalue weighted by molar-refractivity contribution is -0.147. The third-order valence-electron chi connectivity index (χ3n) is 2.40. The van der Waals surface area contributed by atoms with E-state index in [2.05, 4.69) is 4.74 Å². The van der Waals surface area contributed by atoms with Gasteiger partial charge in [0.1, 0.15) is 5.75 Å². The number of alkyl halides is 3. The Bertz CT molecular complexity index is 507. The molecule has 20 heavy (non-hydrogen) atoms. The summed E-state index contributed by atoms with van der Waals surface area (Å²) in [7, 11) is 0. The van der Waals surface area contributed by atoms with Gasteiger partial charge in [-0.2, -0.15) is 8.78 Å². The van der Waals surface area contributed by atoms with Crippen LogP contribution in [0.1, 0.15) is 17.2 Å². The quantitative estimate of drug-likeness (QED) is 0.750. The van der Waals surface area contributed by atoms with E-state index in [1.54, 1.807) is 0 Å². The zero-order chi connectivity index (χ0) is 15.3. The van der Waals surface area contributed by atoms with E-state index in [-0.39, 0.29) is 29.2 Å². The molecule has 0 bridgehead atoms. The number of hydrogen-bond acceptors (Lipinski definition) is 4. The molecule has 0 aliphatic rings. The van der Waals surface area contributed by atoms with E-state index in [0.717, 1.165) is 18.2 Å². The molecule has 110 valence electrons. The second-order valence-corrected chi connectivity index (χ2v) is 4.10. The van der Waals surface area contributed by atoms with Crippen LogP contribution >= 0.6 is 11.6 Å². The van der Waals surface area contributed by atoms with Crippen LogP contribution in [-0.2, 0) is 16.0 Å². The summed E-state index contributed by atoms with van der Waals surface area (Å²) in [6.07, 6.45) is -2.16. The number of hydrogen-bond donors (Lipinski definition) is 2. The molecule has 0 amide bonds. The van der Waals surface area contributed by atoms with Crippen molar-refractivity contribution in [2.24, 2.45) is 0 Å². The van der Waals surface area contributed by atoms with Crippen LogP contribution in [-0.4, -0.2) is 34.5 Å². The van der Waals surface area contributed by atoms with Crippen LogP contribution in [0.3, 0.4) is 0 Å². The molecular formula is C12H11ClF2O5. The first kappa shape index (κ1) is 16.3. The highest BCUT2D eigenvalue weighted by Crippen LogP contribution is 2.25. The van der Waals surface area contributed by atoms with Gasteiger partial charge < -0.3 is 14.9 Å². The Balaban J connectivity index is 3.15. The van der Waals surface area contributed by atoms with Crippen LogP contribution in [0.25, 0.3) is 0 Å². The highest BCUT2D eigenvalue weighted by molar-refractivity contribution is 6.27. The summed E-state index contributed by atoms with van der Waals surface area (Å²) in [4.78, 5) is 22.1. The molecule has 0 fully saturated rings. The first-order chi connectivity index (χ1) is 9.35. The lowest BCUT2D eigenvalue weighted by Gasteiger charge is -2.14. The van der Waals surface area contributed by atoms with Crippen molar-refractivity contribution in [3.63, 3.8) is 0 Å². The third kappa shape index (κ3) is 4.43. The van der Waals surface area contributed by atoms with Crippen molar-refractivity contribution in [1.29, 1.82) is 0 Å². The van der Waals surface area contributed by atoms with Crippen LogP contribution in [0.2, 0.25) is 0 Å². The summed E-state index contributed by atoms with van der Waals surface area (Å²) < 4.78 is 28.4. The number of Topliss-reactive ketones (excluding diaryl/α,β-unsaturated/α-hetero) is 1. The Morgan fingerprint density at radius 2 is 2.00 bits per heavy atom. The maximum Gasteiger partial charge on any atom is 0.387 e. The first-order valence-corrected chi connectivity index (χ1v) is 5.94. The molecular weight excluding hydrogens is 298 g/mol. The van der Waals surface area contributed by atoms with Crippen molar-refractivity contribution in [3.05, 3.63) is 29.3 Å². The molecule has 1 aromatic rings. The molecule has 0 aromatic heterocycles. The fraction of sp³-hybridized carbons (Fsp3) is 0.333. The minimum atomic E-state index is -3.05. The minimum absolute atomic E-state index is 0.0717. The number of ether oxygens (including phenoxy) is 1. The maximum atomic E-state index is 12.1. The number of halogens is 3. The van der Waals surface area contributed by atoms with Gasteiger partial charge in [-0.1, -0.05) is 6.07 Å². The van der Waals surface area contributed by atoms with Gasteiger partial charge in [0, 0.05) is 6.42 Å². The predicted octanol–water partition coefficient (Wildman–Crippen LogP) is 1.76. The van der Waals surface area contributed by atoms with Crippen molar-refractivity contribution < 1.29 is 33.3 Å². The lowest BCUT2D eigenvalue weighted by atomic mass is 9.98. The molecule has 1 rings (SSSR count). The fourth-order valence-electron chi connectivity index (χ4n) is 1.57. The van der Waals surface area contributed by atoms with Gasteiger partial charge in [0.2, 0.25) is 0 Å². The van der Waals surface area contributed by atoms with Gasteiger partial charge in [0.25, 0.3) is 0 Å². The molecule has 0 saturated carbocycles. The van der Waals surface area contributed by atoms with Crippen molar-refractivity contribution in [2.45, 2.75) is 19.1 Å². The van der Waals surface area contributed by atoms with E-state index in [9.17, 15) is 23.5 Å². The first-order valence-electron chi connectivity index (χ1n) is 5.41. The normalized spacial score (nSPS) is 12.2. The molecule has 1 unspecified atom stereocenters. The largest absolute Gasteiger partial charge is 0.479 e. The van der Waals surface area contributed by atoms with E-state index in [1.165, 1.54) is 0 Å². The zero-order valence-electron chi connectivity index (χ0n) is 10.1. The maximum absolute atomic E-state index is 12.1. The number of ketones is 1. The Hall–Kier alpha value is -1.73. The molecule has 1 aromatic carbocycles. The van der Waals surface area contributed by atoms with Gasteiger partial charge >= 0.3 is 12.6 Å². The van der Waals surface area contributed by atoms with Crippen LogP contribution in [0.15, 0.2) is 18.2 Å². The molecule has 5 nitrogen and oxygen atoms in total. The molecule has 0 aliphatic heterocycles. The Morgan fingerprint density at radius 1 is 1.35 bits per heavy atom. The number of carboxylic acid groups (broad SMARTS) is 1. The summed E-state index contributed by atoms with van der Waals surface area (Å²) in [5.74, 6) is -2.52. The van der Waals surface area contributed by atoms with E-state index in [4.69, 9.17) is 16.7 Å². The van der Waals surface area contributed by atoms with Crippen molar-refractivity contribution in [3.8, 4) is 5.75 Å². The minimum Gasteiger partial charge on any atom is -0.479 e. The van der Waals surface area contributed by atoms with Crippen LogP contribution in [0.4, 0.5) is 8.78 Å². The van der Waals surface area contributed by atoms with Crippen molar-refractivity contribution in [2.75, 3.05) is 5.88 Å². The number of aliphatic hydroxyl groups excluding tert-OH is 1. The van der Waals surface area contributed by atoms with Crippen LogP contribution in [0, 0.1) is 0 Å². The smallest absolute Gasteiger partial charge is 0.387 e. The van der Waals surface area contributed by atoms with Crippen LogP contribution < -0.4 is 4.74 Å². The van der Waals surface area contributed by atoms with Crippen LogP contribution in [0.5, 0.6) is 5.75 Å². The summed E-state index contributed by atoms with van der Waals surface area (Å²) in [6.45, 7) is -3.05. The van der Waals surface area contributed by atoms with Gasteiger partial charge in [-0.25, -0.2) is 4.79 Å². The van der Waals surface area contributed by atoms with Gasteiger partial charge in [0.05, 0.1) is 5.88 Å². The molecule has 0 saturated heterocycles. The van der Waals surface area contributed by atoms with Gasteiger partial charge in [-0.3, -0.25) is 4.79 Å². The number of aliphatic carboxylic acids is 1. The van der Waals surface area contributed by atoms with Gasteiger partial charge in [0.15, 0.2) is 11.9 Å². The Kier molecular flexibility index (Phi) is 5.84. The van der Waals surface area contributed by atoms with E-state index in [0.29, 0.717) is 0 Å². The molecule has 2 N–H and O–H groups in total. The number of rotatable bonds is 7. The summed E-state index contributed by atoms with van der Waals surface area (Å²) >= 11 is 5.34. The standard InChI is InChI=1S/C12H11ClF2O5/c13-5-7(16)3-6-4-8(20-12(14)15)1-2-9(6)10(17)11(18)19/h1-2,4,10,12,17H,3,5H2,(H,18,19). The molecule has 0 spiro atoms. The molecule has 0 radical (unpaired) electrons. The average molecular weight is 309 g/mol.